The number of H-pyrrole nitrogens is 1. The van der Waals surface area contributed by atoms with Crippen molar-refractivity contribution in [1.29, 1.82) is 0 Å². The van der Waals surface area contributed by atoms with E-state index in [1.807, 2.05) is 6.92 Å². The molecule has 8 nitrogen and oxygen atoms in total. The number of nitrogens with two attached hydrogens (primary N) is 1. The quantitative estimate of drug-likeness (QED) is 0.429. The fourth-order valence-electron chi connectivity index (χ4n) is 1.66. The third-order valence-electron chi connectivity index (χ3n) is 2.66. The van der Waals surface area contributed by atoms with E-state index < -0.39 is 11.2 Å². The molecule has 1 heterocycles. The number of ether oxygens (including phenoxy) is 2. The lowest BCUT2D eigenvalue weighted by Gasteiger charge is -2.13. The first-order valence-electron chi connectivity index (χ1n) is 6.55. The second-order valence-electron chi connectivity index (χ2n) is 4.60. The van der Waals surface area contributed by atoms with Crippen LogP contribution in [0.25, 0.3) is 0 Å². The van der Waals surface area contributed by atoms with Gasteiger partial charge in [-0.2, -0.15) is 0 Å². The Morgan fingerprint density at radius 2 is 2.14 bits per heavy atom. The molecule has 0 atom stereocenters. The summed E-state index contributed by atoms with van der Waals surface area (Å²) in [4.78, 5) is 25.7. The van der Waals surface area contributed by atoms with Crippen LogP contribution in [0.4, 0.5) is 11.5 Å². The van der Waals surface area contributed by atoms with Crippen molar-refractivity contribution in [3.05, 3.63) is 33.0 Å². The first kappa shape index (κ1) is 17.0. The second-order valence-corrected chi connectivity index (χ2v) is 4.60. The number of nitrogens with zero attached hydrogens (tertiary/aromatic N) is 1. The van der Waals surface area contributed by atoms with E-state index in [0.717, 1.165) is 5.57 Å². The van der Waals surface area contributed by atoms with E-state index >= 15 is 0 Å². The second kappa shape index (κ2) is 8.28. The van der Waals surface area contributed by atoms with Crippen molar-refractivity contribution in [2.45, 2.75) is 13.5 Å². The minimum atomic E-state index is -0.557. The maximum atomic E-state index is 11.8. The number of hydrogen-bond acceptors (Lipinski definition) is 6. The minimum absolute atomic E-state index is 0.0840. The molecule has 1 aromatic rings. The van der Waals surface area contributed by atoms with Crippen LogP contribution in [-0.2, 0) is 16.0 Å². The lowest BCUT2D eigenvalue weighted by atomic mass is 10.4. The standard InChI is InChI=1S/C13H22N4O4/c1-9(2)8-21-6-4-15-10-11(14)17(5-7-20-3)13(19)16-12(10)18/h15H,1,4-8,14H2,2-3H3,(H,16,18,19). The molecule has 0 aliphatic heterocycles. The zero-order valence-corrected chi connectivity index (χ0v) is 12.4. The zero-order chi connectivity index (χ0) is 15.8. The van der Waals surface area contributed by atoms with Crippen molar-refractivity contribution in [2.24, 2.45) is 0 Å². The Bertz CT molecular complexity index is 591. The summed E-state index contributed by atoms with van der Waals surface area (Å²) < 4.78 is 11.5. The van der Waals surface area contributed by atoms with E-state index in [0.29, 0.717) is 26.4 Å². The van der Waals surface area contributed by atoms with Gasteiger partial charge < -0.3 is 20.5 Å². The number of aromatic amines is 1. The van der Waals surface area contributed by atoms with Crippen LogP contribution in [-0.4, -0.2) is 43.0 Å². The fraction of sp³-hybridized carbons (Fsp3) is 0.538. The molecule has 0 aromatic carbocycles. The Morgan fingerprint density at radius 3 is 2.76 bits per heavy atom. The lowest BCUT2D eigenvalue weighted by molar-refractivity contribution is 0.167. The SMILES string of the molecule is C=C(C)COCCNc1c(N)n(CCOC)c(=O)[nH]c1=O. The molecule has 21 heavy (non-hydrogen) atoms. The van der Waals surface area contributed by atoms with E-state index in [2.05, 4.69) is 16.9 Å². The van der Waals surface area contributed by atoms with Crippen molar-refractivity contribution in [1.82, 2.24) is 9.55 Å². The highest BCUT2D eigenvalue weighted by Crippen LogP contribution is 2.09. The van der Waals surface area contributed by atoms with Gasteiger partial charge >= 0.3 is 5.69 Å². The Hall–Kier alpha value is -2.06. The highest BCUT2D eigenvalue weighted by Gasteiger charge is 2.11. The van der Waals surface area contributed by atoms with Gasteiger partial charge in [-0.25, -0.2) is 4.79 Å². The molecule has 0 aliphatic rings. The van der Waals surface area contributed by atoms with E-state index in [9.17, 15) is 9.59 Å². The van der Waals surface area contributed by atoms with Crippen molar-refractivity contribution in [2.75, 3.05) is 44.5 Å². The van der Waals surface area contributed by atoms with E-state index in [4.69, 9.17) is 15.2 Å². The van der Waals surface area contributed by atoms with Crippen molar-refractivity contribution in [3.63, 3.8) is 0 Å². The summed E-state index contributed by atoms with van der Waals surface area (Å²) in [7, 11) is 1.52. The third kappa shape index (κ3) is 5.09. The van der Waals surface area contributed by atoms with E-state index in [-0.39, 0.29) is 18.1 Å². The largest absolute Gasteiger partial charge is 0.383 e. The van der Waals surface area contributed by atoms with Crippen LogP contribution < -0.4 is 22.3 Å². The van der Waals surface area contributed by atoms with Crippen LogP contribution in [0.15, 0.2) is 21.7 Å². The Balaban J connectivity index is 2.75. The first-order chi connectivity index (χ1) is 9.97. The van der Waals surface area contributed by atoms with Gasteiger partial charge in [0.2, 0.25) is 0 Å². The average molecular weight is 298 g/mol. The predicted molar refractivity (Wildman–Crippen MR) is 81.7 cm³/mol. The van der Waals surface area contributed by atoms with Crippen LogP contribution in [0.5, 0.6) is 0 Å². The van der Waals surface area contributed by atoms with Crippen molar-refractivity contribution < 1.29 is 9.47 Å². The molecule has 0 amide bonds. The summed E-state index contributed by atoms with van der Waals surface area (Å²) in [5.74, 6) is 0.0840. The molecule has 8 heteroatoms. The maximum absolute atomic E-state index is 11.8. The molecule has 0 fully saturated rings. The molecular formula is C13H22N4O4. The molecule has 1 aromatic heterocycles. The number of aromatic nitrogens is 2. The number of hydrogen-bond donors (Lipinski definition) is 3. The summed E-state index contributed by atoms with van der Waals surface area (Å²) >= 11 is 0. The van der Waals surface area contributed by atoms with Gasteiger partial charge in [0.05, 0.1) is 26.4 Å². The van der Waals surface area contributed by atoms with Gasteiger partial charge in [0.25, 0.3) is 5.56 Å². The molecule has 1 rings (SSSR count). The topological polar surface area (TPSA) is 111 Å². The normalized spacial score (nSPS) is 10.6. The van der Waals surface area contributed by atoms with Gasteiger partial charge in [0.15, 0.2) is 0 Å². The van der Waals surface area contributed by atoms with Gasteiger partial charge in [0, 0.05) is 13.7 Å². The van der Waals surface area contributed by atoms with Gasteiger partial charge in [-0.15, -0.1) is 0 Å². The molecule has 0 bridgehead atoms. The van der Waals surface area contributed by atoms with Crippen LogP contribution in [0.1, 0.15) is 6.92 Å². The number of rotatable bonds is 9. The van der Waals surface area contributed by atoms with Gasteiger partial charge in [-0.1, -0.05) is 12.2 Å². The molecule has 0 saturated carbocycles. The highest BCUT2D eigenvalue weighted by molar-refractivity contribution is 5.60. The molecule has 0 aliphatic carbocycles. The molecule has 0 saturated heterocycles. The summed E-state index contributed by atoms with van der Waals surface area (Å²) in [6.07, 6.45) is 0. The summed E-state index contributed by atoms with van der Waals surface area (Å²) in [5.41, 5.74) is 5.83. The Morgan fingerprint density at radius 1 is 1.43 bits per heavy atom. The van der Waals surface area contributed by atoms with Crippen LogP contribution in [0.3, 0.4) is 0 Å². The smallest absolute Gasteiger partial charge is 0.330 e. The highest BCUT2D eigenvalue weighted by atomic mass is 16.5. The lowest BCUT2D eigenvalue weighted by Crippen LogP contribution is -2.35. The molecule has 0 radical (unpaired) electrons. The van der Waals surface area contributed by atoms with Crippen LogP contribution in [0.2, 0.25) is 0 Å². The predicted octanol–water partition coefficient (Wildman–Crippen LogP) is -0.230. The molecular weight excluding hydrogens is 276 g/mol. The average Bonchev–Trinajstić information content (AvgIpc) is 2.41. The number of nitrogens with one attached hydrogen (secondary N) is 2. The zero-order valence-electron chi connectivity index (χ0n) is 12.4. The Kier molecular flexibility index (Phi) is 6.70. The summed E-state index contributed by atoms with van der Waals surface area (Å²) in [6.45, 7) is 7.40. The van der Waals surface area contributed by atoms with Gasteiger partial charge in [-0.3, -0.25) is 14.3 Å². The van der Waals surface area contributed by atoms with Crippen molar-refractivity contribution >= 4 is 11.5 Å². The molecule has 0 spiro atoms. The number of methoxy groups -OCH3 is 1. The minimum Gasteiger partial charge on any atom is -0.383 e. The third-order valence-corrected chi connectivity index (χ3v) is 2.66. The first-order valence-corrected chi connectivity index (χ1v) is 6.55. The number of nitrogen functional groups attached to an aromatic ring is 1. The van der Waals surface area contributed by atoms with E-state index in [1.165, 1.54) is 11.7 Å². The van der Waals surface area contributed by atoms with Crippen LogP contribution in [0, 0.1) is 0 Å². The summed E-state index contributed by atoms with van der Waals surface area (Å²) in [5, 5.41) is 2.88. The monoisotopic (exact) mass is 298 g/mol. The fourth-order valence-corrected chi connectivity index (χ4v) is 1.66. The maximum Gasteiger partial charge on any atom is 0.330 e. The van der Waals surface area contributed by atoms with Crippen LogP contribution >= 0.6 is 0 Å². The van der Waals surface area contributed by atoms with Gasteiger partial charge in [-0.05, 0) is 6.92 Å². The van der Waals surface area contributed by atoms with E-state index in [1.54, 1.807) is 0 Å². The number of anilines is 2. The summed E-state index contributed by atoms with van der Waals surface area (Å²) in [6, 6.07) is 0. The molecule has 4 N–H and O–H groups in total. The Labute approximate surface area is 122 Å². The van der Waals surface area contributed by atoms with Crippen molar-refractivity contribution in [3.8, 4) is 0 Å². The molecule has 118 valence electrons. The van der Waals surface area contributed by atoms with Gasteiger partial charge in [0.1, 0.15) is 11.5 Å². The molecule has 0 unspecified atom stereocenters.